The van der Waals surface area contributed by atoms with Crippen molar-refractivity contribution in [2.75, 3.05) is 23.6 Å². The first kappa shape index (κ1) is 20.0. The molecule has 0 bridgehead atoms. The van der Waals surface area contributed by atoms with Gasteiger partial charge in [-0.05, 0) is 49.7 Å². The van der Waals surface area contributed by atoms with Crippen LogP contribution in [0.3, 0.4) is 0 Å². The molecule has 1 aliphatic rings. The number of benzene rings is 2. The largest absolute Gasteiger partial charge is 0.467 e. The summed E-state index contributed by atoms with van der Waals surface area (Å²) in [6.07, 6.45) is 1.49. The zero-order valence-corrected chi connectivity index (χ0v) is 17.2. The normalized spacial score (nSPS) is 13.5. The number of nitrogens with zero attached hydrogens (tertiary/aromatic N) is 4. The number of halogens is 3. The number of aryl methyl sites for hydroxylation is 2. The van der Waals surface area contributed by atoms with Crippen LogP contribution >= 0.6 is 11.6 Å². The maximum Gasteiger partial charge on any atom is 0.316 e. The minimum atomic E-state index is -0.648. The van der Waals surface area contributed by atoms with Crippen molar-refractivity contribution in [3.63, 3.8) is 0 Å². The van der Waals surface area contributed by atoms with Crippen LogP contribution < -0.4 is 14.5 Å². The highest BCUT2D eigenvalue weighted by molar-refractivity contribution is 6.31. The summed E-state index contributed by atoms with van der Waals surface area (Å²) in [7, 11) is 1.45. The van der Waals surface area contributed by atoms with Crippen molar-refractivity contribution in [1.29, 1.82) is 0 Å². The number of carbonyl (C=O) groups excluding carboxylic acids is 1. The first-order valence-electron chi connectivity index (χ1n) is 9.02. The van der Waals surface area contributed by atoms with Gasteiger partial charge in [-0.15, -0.1) is 0 Å². The number of aromatic nitrogens is 2. The van der Waals surface area contributed by atoms with Gasteiger partial charge in [-0.2, -0.15) is 4.98 Å². The van der Waals surface area contributed by atoms with Crippen LogP contribution in [0.2, 0.25) is 5.02 Å². The molecule has 1 aliphatic heterocycles. The molecule has 2 heterocycles. The standard InChI is InChI=1S/C21H17ClF2N4O2/c1-11-6-13(23)4-5-17(11)27-10-28(19-9-25-21(30-3)26-12(19)2)20(29)14-7-15(22)16(24)8-18(14)27/h4-9H,10H2,1-3H3. The lowest BCUT2D eigenvalue weighted by Gasteiger charge is -2.39. The zero-order valence-electron chi connectivity index (χ0n) is 16.4. The van der Waals surface area contributed by atoms with Gasteiger partial charge in [-0.25, -0.2) is 13.8 Å². The first-order valence-corrected chi connectivity index (χ1v) is 9.40. The van der Waals surface area contributed by atoms with Crippen molar-refractivity contribution >= 4 is 34.6 Å². The fourth-order valence-electron chi connectivity index (χ4n) is 3.47. The van der Waals surface area contributed by atoms with E-state index in [9.17, 15) is 13.6 Å². The van der Waals surface area contributed by atoms with E-state index in [0.29, 0.717) is 28.3 Å². The molecule has 1 amide bonds. The number of ether oxygens (including phenoxy) is 1. The lowest BCUT2D eigenvalue weighted by atomic mass is 10.0. The molecule has 9 heteroatoms. The van der Waals surface area contributed by atoms with Gasteiger partial charge in [0.15, 0.2) is 0 Å². The van der Waals surface area contributed by atoms with Crippen LogP contribution in [0.4, 0.5) is 25.8 Å². The zero-order chi connectivity index (χ0) is 21.6. The van der Waals surface area contributed by atoms with Crippen LogP contribution in [0, 0.1) is 25.5 Å². The Balaban J connectivity index is 1.90. The van der Waals surface area contributed by atoms with Gasteiger partial charge in [0.25, 0.3) is 5.91 Å². The molecule has 0 saturated heterocycles. The third-order valence-corrected chi connectivity index (χ3v) is 5.23. The predicted octanol–water partition coefficient (Wildman–Crippen LogP) is 4.79. The number of anilines is 3. The second-order valence-electron chi connectivity index (χ2n) is 6.84. The molecule has 0 atom stereocenters. The molecule has 154 valence electrons. The maximum atomic E-state index is 14.3. The lowest BCUT2D eigenvalue weighted by molar-refractivity contribution is 0.0983. The Morgan fingerprint density at radius 1 is 1.07 bits per heavy atom. The molecule has 0 saturated carbocycles. The highest BCUT2D eigenvalue weighted by Crippen LogP contribution is 2.39. The predicted molar refractivity (Wildman–Crippen MR) is 110 cm³/mol. The summed E-state index contributed by atoms with van der Waals surface area (Å²) in [6.45, 7) is 3.52. The van der Waals surface area contributed by atoms with E-state index in [1.807, 2.05) is 0 Å². The van der Waals surface area contributed by atoms with Crippen LogP contribution in [0.25, 0.3) is 0 Å². The van der Waals surface area contributed by atoms with Crippen molar-refractivity contribution in [2.24, 2.45) is 0 Å². The second-order valence-corrected chi connectivity index (χ2v) is 7.25. The first-order chi connectivity index (χ1) is 14.3. The Kier molecular flexibility index (Phi) is 5.03. The van der Waals surface area contributed by atoms with Gasteiger partial charge in [0.1, 0.15) is 18.3 Å². The van der Waals surface area contributed by atoms with Crippen molar-refractivity contribution in [3.8, 4) is 6.01 Å². The summed E-state index contributed by atoms with van der Waals surface area (Å²) in [5.41, 5.74) is 2.82. The van der Waals surface area contributed by atoms with Crippen LogP contribution in [0.15, 0.2) is 36.5 Å². The number of fused-ring (bicyclic) bond motifs is 1. The molecule has 0 unspecified atom stereocenters. The Morgan fingerprint density at radius 3 is 2.50 bits per heavy atom. The molecule has 1 aromatic heterocycles. The van der Waals surface area contributed by atoms with Crippen molar-refractivity contribution in [3.05, 3.63) is 70.0 Å². The molecule has 0 N–H and O–H groups in total. The number of rotatable bonds is 3. The molecule has 0 aliphatic carbocycles. The molecule has 0 radical (unpaired) electrons. The molecule has 6 nitrogen and oxygen atoms in total. The average Bonchev–Trinajstić information content (AvgIpc) is 2.71. The van der Waals surface area contributed by atoms with Crippen molar-refractivity contribution in [2.45, 2.75) is 13.8 Å². The highest BCUT2D eigenvalue weighted by atomic mass is 35.5. The van der Waals surface area contributed by atoms with Gasteiger partial charge < -0.3 is 9.64 Å². The van der Waals surface area contributed by atoms with E-state index in [-0.39, 0.29) is 35.0 Å². The molecule has 2 aromatic carbocycles. The summed E-state index contributed by atoms with van der Waals surface area (Å²) in [4.78, 5) is 24.8. The number of methoxy groups -OCH3 is 1. The minimum absolute atomic E-state index is 0.0515. The van der Waals surface area contributed by atoms with E-state index in [2.05, 4.69) is 9.97 Å². The van der Waals surface area contributed by atoms with Crippen molar-refractivity contribution < 1.29 is 18.3 Å². The van der Waals surface area contributed by atoms with Gasteiger partial charge in [0.05, 0.1) is 41.0 Å². The summed E-state index contributed by atoms with van der Waals surface area (Å²) in [6, 6.07) is 6.98. The number of hydrogen-bond donors (Lipinski definition) is 0. The van der Waals surface area contributed by atoms with E-state index in [4.69, 9.17) is 16.3 Å². The van der Waals surface area contributed by atoms with Gasteiger partial charge in [0, 0.05) is 5.69 Å². The van der Waals surface area contributed by atoms with Gasteiger partial charge in [-0.1, -0.05) is 11.6 Å². The van der Waals surface area contributed by atoms with Crippen LogP contribution in [0.1, 0.15) is 21.6 Å². The SMILES string of the molecule is COc1ncc(N2CN(c3ccc(F)cc3C)c3cc(F)c(Cl)cc3C2=O)c(C)n1. The third-order valence-electron chi connectivity index (χ3n) is 4.94. The lowest BCUT2D eigenvalue weighted by Crippen LogP contribution is -2.45. The Bertz CT molecular complexity index is 1170. The second kappa shape index (κ2) is 7.53. The molecule has 4 rings (SSSR count). The van der Waals surface area contributed by atoms with E-state index in [1.54, 1.807) is 24.8 Å². The molecule has 3 aromatic rings. The fraction of sp³-hybridized carbons (Fsp3) is 0.190. The molecular formula is C21H17ClF2N4O2. The Hall–Kier alpha value is -3.26. The van der Waals surface area contributed by atoms with E-state index >= 15 is 0 Å². The number of amides is 1. The summed E-state index contributed by atoms with van der Waals surface area (Å²) < 4.78 is 33.0. The topological polar surface area (TPSA) is 58.6 Å². The Morgan fingerprint density at radius 2 is 1.83 bits per heavy atom. The van der Waals surface area contributed by atoms with E-state index in [0.717, 1.165) is 0 Å². The molecule has 30 heavy (non-hydrogen) atoms. The fourth-order valence-corrected chi connectivity index (χ4v) is 3.64. The number of hydrogen-bond acceptors (Lipinski definition) is 5. The smallest absolute Gasteiger partial charge is 0.316 e. The van der Waals surface area contributed by atoms with Crippen LogP contribution in [-0.2, 0) is 0 Å². The monoisotopic (exact) mass is 430 g/mol. The van der Waals surface area contributed by atoms with E-state index < -0.39 is 5.82 Å². The summed E-state index contributed by atoms with van der Waals surface area (Å²) >= 11 is 5.97. The van der Waals surface area contributed by atoms with Crippen molar-refractivity contribution in [1.82, 2.24) is 9.97 Å². The quantitative estimate of drug-likeness (QED) is 0.598. The van der Waals surface area contributed by atoms with Gasteiger partial charge >= 0.3 is 6.01 Å². The number of carbonyl (C=O) groups is 1. The summed E-state index contributed by atoms with van der Waals surface area (Å²) in [5.74, 6) is -1.41. The third kappa shape index (κ3) is 3.33. The minimum Gasteiger partial charge on any atom is -0.467 e. The summed E-state index contributed by atoms with van der Waals surface area (Å²) in [5, 5.41) is -0.164. The van der Waals surface area contributed by atoms with E-state index in [1.165, 1.54) is 42.5 Å². The van der Waals surface area contributed by atoms with Crippen LogP contribution in [-0.4, -0.2) is 29.7 Å². The van der Waals surface area contributed by atoms with Gasteiger partial charge in [-0.3, -0.25) is 9.69 Å². The molecule has 0 fully saturated rings. The molecule has 0 spiro atoms. The Labute approximate surface area is 176 Å². The average molecular weight is 431 g/mol. The van der Waals surface area contributed by atoms with Gasteiger partial charge in [0.2, 0.25) is 0 Å². The molecular weight excluding hydrogens is 414 g/mol. The highest BCUT2D eigenvalue weighted by Gasteiger charge is 2.34. The maximum absolute atomic E-state index is 14.3. The van der Waals surface area contributed by atoms with Crippen LogP contribution in [0.5, 0.6) is 6.01 Å².